The number of anilines is 1. The van der Waals surface area contributed by atoms with E-state index in [2.05, 4.69) is 5.32 Å². The topological polar surface area (TPSA) is 56.8 Å². The van der Waals surface area contributed by atoms with Crippen molar-refractivity contribution < 1.29 is 19.0 Å². The van der Waals surface area contributed by atoms with E-state index in [0.29, 0.717) is 30.2 Å². The van der Waals surface area contributed by atoms with Gasteiger partial charge in [0.2, 0.25) is 5.91 Å². The van der Waals surface area contributed by atoms with Crippen LogP contribution >= 0.6 is 0 Å². The van der Waals surface area contributed by atoms with Crippen LogP contribution in [0.25, 0.3) is 0 Å². The molecule has 0 saturated heterocycles. The first-order valence-electron chi connectivity index (χ1n) is 7.47. The van der Waals surface area contributed by atoms with Gasteiger partial charge in [-0.1, -0.05) is 18.2 Å². The molecule has 3 rings (SSSR count). The smallest absolute Gasteiger partial charge is 0.232 e. The molecule has 1 aliphatic heterocycles. The van der Waals surface area contributed by atoms with Gasteiger partial charge in [-0.15, -0.1) is 0 Å². The normalized spacial score (nSPS) is 16.0. The highest BCUT2D eigenvalue weighted by molar-refractivity contribution is 5.96. The van der Waals surface area contributed by atoms with Crippen molar-refractivity contribution in [2.75, 3.05) is 26.1 Å². The van der Waals surface area contributed by atoms with Crippen LogP contribution in [0.15, 0.2) is 42.5 Å². The Hall–Kier alpha value is -2.69. The Kier molecular flexibility index (Phi) is 4.37. The zero-order chi connectivity index (χ0) is 16.2. The Balaban J connectivity index is 1.80. The molecule has 0 spiro atoms. The third-order valence-electron chi connectivity index (χ3n) is 3.93. The third kappa shape index (κ3) is 3.08. The van der Waals surface area contributed by atoms with Crippen LogP contribution in [0.3, 0.4) is 0 Å². The van der Waals surface area contributed by atoms with E-state index in [1.165, 1.54) is 0 Å². The van der Waals surface area contributed by atoms with E-state index in [1.807, 2.05) is 24.3 Å². The molecule has 0 aliphatic carbocycles. The van der Waals surface area contributed by atoms with E-state index in [1.54, 1.807) is 32.4 Å². The number of ether oxygens (including phenoxy) is 3. The Morgan fingerprint density at radius 1 is 1.13 bits per heavy atom. The summed E-state index contributed by atoms with van der Waals surface area (Å²) in [4.78, 5) is 12.6. The van der Waals surface area contributed by atoms with Crippen molar-refractivity contribution in [2.45, 2.75) is 12.3 Å². The van der Waals surface area contributed by atoms with Gasteiger partial charge in [-0.25, -0.2) is 0 Å². The lowest BCUT2D eigenvalue weighted by atomic mass is 9.92. The number of rotatable bonds is 4. The van der Waals surface area contributed by atoms with Crippen molar-refractivity contribution in [3.63, 3.8) is 0 Å². The molecule has 0 saturated carbocycles. The first kappa shape index (κ1) is 15.2. The first-order chi connectivity index (χ1) is 11.2. The van der Waals surface area contributed by atoms with E-state index >= 15 is 0 Å². The van der Waals surface area contributed by atoms with Gasteiger partial charge in [-0.2, -0.15) is 0 Å². The summed E-state index contributed by atoms with van der Waals surface area (Å²) in [6.45, 7) is 0.543. The molecule has 23 heavy (non-hydrogen) atoms. The number of hydrogen-bond acceptors (Lipinski definition) is 4. The number of methoxy groups -OCH3 is 2. The summed E-state index contributed by atoms with van der Waals surface area (Å²) in [5, 5.41) is 2.95. The summed E-state index contributed by atoms with van der Waals surface area (Å²) in [6, 6.07) is 13.0. The molecule has 2 aromatic rings. The van der Waals surface area contributed by atoms with Crippen molar-refractivity contribution in [1.29, 1.82) is 0 Å². The Morgan fingerprint density at radius 3 is 2.70 bits per heavy atom. The zero-order valence-electron chi connectivity index (χ0n) is 13.2. The lowest BCUT2D eigenvalue weighted by Crippen LogP contribution is -2.26. The highest BCUT2D eigenvalue weighted by Gasteiger charge is 2.27. The average molecular weight is 313 g/mol. The predicted octanol–water partition coefficient (Wildman–Crippen LogP) is 3.21. The minimum absolute atomic E-state index is 0.0482. The second kappa shape index (κ2) is 6.60. The number of hydrogen-bond donors (Lipinski definition) is 1. The summed E-state index contributed by atoms with van der Waals surface area (Å²) >= 11 is 0. The summed E-state index contributed by atoms with van der Waals surface area (Å²) < 4.78 is 16.1. The summed E-state index contributed by atoms with van der Waals surface area (Å²) in [5.74, 6) is 1.73. The molecule has 1 atom stereocenters. The van der Waals surface area contributed by atoms with Gasteiger partial charge in [0.25, 0.3) is 0 Å². The number of benzene rings is 2. The van der Waals surface area contributed by atoms with Gasteiger partial charge in [0.1, 0.15) is 5.75 Å². The van der Waals surface area contributed by atoms with Crippen LogP contribution in [0.5, 0.6) is 17.2 Å². The molecular formula is C18H19NO4. The van der Waals surface area contributed by atoms with Crippen LogP contribution in [-0.2, 0) is 4.79 Å². The van der Waals surface area contributed by atoms with Crippen molar-refractivity contribution in [2.24, 2.45) is 0 Å². The molecule has 1 unspecified atom stereocenters. The molecule has 1 amide bonds. The Morgan fingerprint density at radius 2 is 1.91 bits per heavy atom. The van der Waals surface area contributed by atoms with Crippen LogP contribution in [0.4, 0.5) is 5.69 Å². The number of para-hydroxylation sites is 1. The predicted molar refractivity (Wildman–Crippen MR) is 87.5 cm³/mol. The van der Waals surface area contributed by atoms with E-state index in [-0.39, 0.29) is 11.8 Å². The Labute approximate surface area is 135 Å². The van der Waals surface area contributed by atoms with Gasteiger partial charge < -0.3 is 19.5 Å². The molecule has 0 aromatic heterocycles. The van der Waals surface area contributed by atoms with Crippen LogP contribution in [0.2, 0.25) is 0 Å². The molecule has 1 aliphatic rings. The minimum atomic E-state index is -0.215. The van der Waals surface area contributed by atoms with E-state index in [4.69, 9.17) is 14.2 Å². The lowest BCUT2D eigenvalue weighted by Gasteiger charge is -2.25. The lowest BCUT2D eigenvalue weighted by molar-refractivity contribution is -0.118. The number of fused-ring (bicyclic) bond motifs is 1. The molecule has 5 heteroatoms. The summed E-state index contributed by atoms with van der Waals surface area (Å²) in [7, 11) is 3.15. The SMILES string of the molecule is COc1ccc(NC(=O)C2CCOc3ccccc32)cc1OC. The molecule has 1 heterocycles. The van der Waals surface area contributed by atoms with Crippen LogP contribution in [0, 0.1) is 0 Å². The molecule has 1 N–H and O–H groups in total. The maximum atomic E-state index is 12.6. The van der Waals surface area contributed by atoms with Gasteiger partial charge in [0.15, 0.2) is 11.5 Å². The monoisotopic (exact) mass is 313 g/mol. The molecule has 0 radical (unpaired) electrons. The number of carbonyl (C=O) groups excluding carboxylic acids is 1. The fourth-order valence-electron chi connectivity index (χ4n) is 2.76. The van der Waals surface area contributed by atoms with Crippen LogP contribution < -0.4 is 19.5 Å². The molecule has 5 nitrogen and oxygen atoms in total. The van der Waals surface area contributed by atoms with Gasteiger partial charge in [0.05, 0.1) is 26.7 Å². The number of nitrogens with one attached hydrogen (secondary N) is 1. The fraction of sp³-hybridized carbons (Fsp3) is 0.278. The number of amides is 1. The molecular weight excluding hydrogens is 294 g/mol. The van der Waals surface area contributed by atoms with Crippen molar-refractivity contribution in [1.82, 2.24) is 0 Å². The first-order valence-corrected chi connectivity index (χ1v) is 7.47. The largest absolute Gasteiger partial charge is 0.493 e. The van der Waals surface area contributed by atoms with Crippen LogP contribution in [-0.4, -0.2) is 26.7 Å². The zero-order valence-corrected chi connectivity index (χ0v) is 13.2. The molecule has 2 aromatic carbocycles. The van der Waals surface area contributed by atoms with Crippen molar-refractivity contribution >= 4 is 11.6 Å². The van der Waals surface area contributed by atoms with E-state index in [0.717, 1.165) is 11.3 Å². The van der Waals surface area contributed by atoms with Gasteiger partial charge >= 0.3 is 0 Å². The molecule has 120 valence electrons. The second-order valence-electron chi connectivity index (χ2n) is 5.29. The van der Waals surface area contributed by atoms with Crippen molar-refractivity contribution in [3.05, 3.63) is 48.0 Å². The van der Waals surface area contributed by atoms with E-state index < -0.39 is 0 Å². The second-order valence-corrected chi connectivity index (χ2v) is 5.29. The quantitative estimate of drug-likeness (QED) is 0.941. The van der Waals surface area contributed by atoms with Gasteiger partial charge in [0, 0.05) is 17.3 Å². The average Bonchev–Trinajstić information content (AvgIpc) is 2.61. The Bertz CT molecular complexity index is 714. The van der Waals surface area contributed by atoms with Crippen LogP contribution in [0.1, 0.15) is 17.9 Å². The maximum Gasteiger partial charge on any atom is 0.232 e. The molecule has 0 bridgehead atoms. The highest BCUT2D eigenvalue weighted by atomic mass is 16.5. The molecule has 0 fully saturated rings. The summed E-state index contributed by atoms with van der Waals surface area (Å²) in [6.07, 6.45) is 0.663. The maximum absolute atomic E-state index is 12.6. The van der Waals surface area contributed by atoms with Crippen molar-refractivity contribution in [3.8, 4) is 17.2 Å². The fourth-order valence-corrected chi connectivity index (χ4v) is 2.76. The standard InChI is InChI=1S/C18H19NO4/c1-21-16-8-7-12(11-17(16)22-2)19-18(20)14-9-10-23-15-6-4-3-5-13(14)15/h3-8,11,14H,9-10H2,1-2H3,(H,19,20). The minimum Gasteiger partial charge on any atom is -0.493 e. The highest BCUT2D eigenvalue weighted by Crippen LogP contribution is 2.35. The van der Waals surface area contributed by atoms with Gasteiger partial charge in [-0.3, -0.25) is 4.79 Å². The van der Waals surface area contributed by atoms with Gasteiger partial charge in [-0.05, 0) is 24.6 Å². The third-order valence-corrected chi connectivity index (χ3v) is 3.93. The number of carbonyl (C=O) groups is 1. The summed E-state index contributed by atoms with van der Waals surface area (Å²) in [5.41, 5.74) is 1.60. The van der Waals surface area contributed by atoms with E-state index in [9.17, 15) is 4.79 Å².